The zero-order valence-corrected chi connectivity index (χ0v) is 16.5. The first-order chi connectivity index (χ1) is 13.0. The zero-order valence-electron chi connectivity index (χ0n) is 16.5. The summed E-state index contributed by atoms with van der Waals surface area (Å²) in [5.74, 6) is 0.864. The predicted octanol–water partition coefficient (Wildman–Crippen LogP) is 3.48. The number of hydrogen-bond donors (Lipinski definition) is 1. The van der Waals surface area contributed by atoms with Crippen LogP contribution in [0.4, 0.5) is 4.79 Å². The van der Waals surface area contributed by atoms with E-state index in [4.69, 9.17) is 4.74 Å². The molecule has 0 radical (unpaired) electrons. The second-order valence-electron chi connectivity index (χ2n) is 7.17. The minimum absolute atomic E-state index is 0.0580. The van der Waals surface area contributed by atoms with E-state index in [1.807, 2.05) is 30.9 Å². The van der Waals surface area contributed by atoms with Crippen LogP contribution in [-0.2, 0) is 6.54 Å². The van der Waals surface area contributed by atoms with Crippen molar-refractivity contribution in [3.05, 3.63) is 64.7 Å². The Bertz CT molecular complexity index is 769. The molecule has 0 saturated carbocycles. The minimum atomic E-state index is -0.0580. The summed E-state index contributed by atoms with van der Waals surface area (Å²) >= 11 is 0. The van der Waals surface area contributed by atoms with Crippen molar-refractivity contribution >= 4 is 6.03 Å². The number of benzene rings is 2. The van der Waals surface area contributed by atoms with Crippen molar-refractivity contribution in [3.8, 4) is 5.75 Å². The first-order valence-electron chi connectivity index (χ1n) is 9.53. The van der Waals surface area contributed by atoms with Crippen molar-refractivity contribution in [1.82, 2.24) is 15.1 Å². The Hall–Kier alpha value is -2.53. The number of nitrogens with one attached hydrogen (secondary N) is 1. The van der Waals surface area contributed by atoms with Gasteiger partial charge in [0.15, 0.2) is 6.73 Å². The molecule has 0 spiro atoms. The second kappa shape index (κ2) is 8.91. The van der Waals surface area contributed by atoms with Crippen LogP contribution in [0.3, 0.4) is 0 Å². The van der Waals surface area contributed by atoms with Crippen LogP contribution in [0.15, 0.2) is 42.5 Å². The van der Waals surface area contributed by atoms with Crippen LogP contribution in [0, 0.1) is 20.8 Å². The van der Waals surface area contributed by atoms with Gasteiger partial charge < -0.3 is 15.0 Å². The van der Waals surface area contributed by atoms with Crippen LogP contribution in [-0.4, -0.2) is 48.7 Å². The monoisotopic (exact) mass is 367 g/mol. The van der Waals surface area contributed by atoms with E-state index in [2.05, 4.69) is 47.5 Å². The van der Waals surface area contributed by atoms with Gasteiger partial charge in [0.25, 0.3) is 0 Å². The molecule has 0 aromatic heterocycles. The van der Waals surface area contributed by atoms with Gasteiger partial charge >= 0.3 is 6.03 Å². The maximum absolute atomic E-state index is 12.4. The highest BCUT2D eigenvalue weighted by molar-refractivity contribution is 5.74. The molecule has 144 valence electrons. The summed E-state index contributed by atoms with van der Waals surface area (Å²) < 4.78 is 5.84. The lowest BCUT2D eigenvalue weighted by atomic mass is 10.1. The summed E-state index contributed by atoms with van der Waals surface area (Å²) in [6, 6.07) is 14.5. The lowest BCUT2D eigenvalue weighted by molar-refractivity contribution is 0.130. The van der Waals surface area contributed by atoms with Crippen molar-refractivity contribution < 1.29 is 9.53 Å². The lowest BCUT2D eigenvalue weighted by Crippen LogP contribution is -2.51. The molecule has 1 saturated heterocycles. The van der Waals surface area contributed by atoms with E-state index in [0.717, 1.165) is 49.6 Å². The molecular weight excluding hydrogens is 338 g/mol. The average molecular weight is 367 g/mol. The van der Waals surface area contributed by atoms with Crippen molar-refractivity contribution in [2.45, 2.75) is 27.3 Å². The predicted molar refractivity (Wildman–Crippen MR) is 108 cm³/mol. The van der Waals surface area contributed by atoms with E-state index >= 15 is 0 Å². The third kappa shape index (κ3) is 5.01. The summed E-state index contributed by atoms with van der Waals surface area (Å²) in [5, 5.41) is 2.89. The molecule has 2 aromatic rings. The molecule has 0 unspecified atom stereocenters. The Morgan fingerprint density at radius 1 is 0.963 bits per heavy atom. The molecule has 1 heterocycles. The van der Waals surface area contributed by atoms with Gasteiger partial charge in [0.2, 0.25) is 0 Å². The number of piperazine rings is 1. The van der Waals surface area contributed by atoms with Crippen LogP contribution in [0.2, 0.25) is 0 Å². The Balaban J connectivity index is 1.43. The third-order valence-electron chi connectivity index (χ3n) is 5.22. The van der Waals surface area contributed by atoms with Gasteiger partial charge in [0, 0.05) is 32.7 Å². The highest BCUT2D eigenvalue weighted by Crippen LogP contribution is 2.25. The quantitative estimate of drug-likeness (QED) is 0.823. The van der Waals surface area contributed by atoms with Crippen LogP contribution in [0.25, 0.3) is 0 Å². The summed E-state index contributed by atoms with van der Waals surface area (Å²) in [6.45, 7) is 10.5. The van der Waals surface area contributed by atoms with Crippen molar-refractivity contribution in [2.75, 3.05) is 32.9 Å². The number of nitrogens with zero attached hydrogens (tertiary/aromatic N) is 2. The SMILES string of the molecule is Cc1ccc(C)c(OCNC(=O)N2CCN(Cc3ccccc3)CC2)c1C. The molecule has 5 heteroatoms. The highest BCUT2D eigenvalue weighted by Gasteiger charge is 2.21. The molecule has 2 aromatic carbocycles. The van der Waals surface area contributed by atoms with E-state index < -0.39 is 0 Å². The molecule has 0 atom stereocenters. The normalized spacial score (nSPS) is 14.9. The summed E-state index contributed by atoms with van der Waals surface area (Å²) in [7, 11) is 0. The van der Waals surface area contributed by atoms with E-state index in [-0.39, 0.29) is 12.8 Å². The van der Waals surface area contributed by atoms with Crippen LogP contribution < -0.4 is 10.1 Å². The van der Waals surface area contributed by atoms with Gasteiger partial charge in [0.1, 0.15) is 5.75 Å². The number of amides is 2. The molecule has 5 nitrogen and oxygen atoms in total. The van der Waals surface area contributed by atoms with Gasteiger partial charge in [-0.1, -0.05) is 42.5 Å². The largest absolute Gasteiger partial charge is 0.473 e. The third-order valence-corrected chi connectivity index (χ3v) is 5.22. The Kier molecular flexibility index (Phi) is 6.35. The van der Waals surface area contributed by atoms with Gasteiger partial charge in [0.05, 0.1) is 0 Å². The number of aryl methyl sites for hydroxylation is 2. The number of carbonyl (C=O) groups is 1. The Morgan fingerprint density at radius 2 is 1.63 bits per heavy atom. The highest BCUT2D eigenvalue weighted by atomic mass is 16.5. The molecule has 1 aliphatic rings. The van der Waals surface area contributed by atoms with E-state index in [9.17, 15) is 4.79 Å². The van der Waals surface area contributed by atoms with E-state index in [0.29, 0.717) is 0 Å². The molecule has 27 heavy (non-hydrogen) atoms. The summed E-state index contributed by atoms with van der Waals surface area (Å²) in [5.41, 5.74) is 4.71. The fraction of sp³-hybridized carbons (Fsp3) is 0.409. The Labute approximate surface area is 161 Å². The smallest absolute Gasteiger partial charge is 0.320 e. The number of hydrogen-bond acceptors (Lipinski definition) is 3. The van der Waals surface area contributed by atoms with E-state index in [1.165, 1.54) is 11.1 Å². The van der Waals surface area contributed by atoms with Crippen LogP contribution in [0.5, 0.6) is 5.75 Å². The number of carbonyl (C=O) groups excluding carboxylic acids is 1. The standard InChI is InChI=1S/C22H29N3O2/c1-17-9-10-18(2)21(19(17)3)27-16-23-22(26)25-13-11-24(12-14-25)15-20-7-5-4-6-8-20/h4-10H,11-16H2,1-3H3,(H,23,26). The molecule has 3 rings (SSSR count). The minimum Gasteiger partial charge on any atom is -0.473 e. The van der Waals surface area contributed by atoms with Crippen molar-refractivity contribution in [1.29, 1.82) is 0 Å². The summed E-state index contributed by atoms with van der Waals surface area (Å²) in [6.07, 6.45) is 0. The van der Waals surface area contributed by atoms with Crippen LogP contribution in [0.1, 0.15) is 22.3 Å². The molecule has 1 aliphatic heterocycles. The van der Waals surface area contributed by atoms with Gasteiger partial charge in [-0.2, -0.15) is 0 Å². The molecule has 1 fully saturated rings. The molecule has 2 amide bonds. The lowest BCUT2D eigenvalue weighted by Gasteiger charge is -2.34. The van der Waals surface area contributed by atoms with Gasteiger partial charge in [-0.3, -0.25) is 4.90 Å². The van der Waals surface area contributed by atoms with Crippen LogP contribution >= 0.6 is 0 Å². The summed E-state index contributed by atoms with van der Waals surface area (Å²) in [4.78, 5) is 16.7. The van der Waals surface area contributed by atoms with Crippen molar-refractivity contribution in [2.24, 2.45) is 0 Å². The number of urea groups is 1. The van der Waals surface area contributed by atoms with Gasteiger partial charge in [-0.15, -0.1) is 0 Å². The Morgan fingerprint density at radius 3 is 2.33 bits per heavy atom. The first-order valence-corrected chi connectivity index (χ1v) is 9.53. The average Bonchev–Trinajstić information content (AvgIpc) is 2.69. The maximum Gasteiger partial charge on any atom is 0.320 e. The fourth-order valence-corrected chi connectivity index (χ4v) is 3.38. The molecule has 0 bridgehead atoms. The molecular formula is C22H29N3O2. The molecule has 1 N–H and O–H groups in total. The second-order valence-corrected chi connectivity index (χ2v) is 7.17. The zero-order chi connectivity index (χ0) is 19.2. The number of ether oxygens (including phenoxy) is 1. The van der Waals surface area contributed by atoms with E-state index in [1.54, 1.807) is 0 Å². The fourth-order valence-electron chi connectivity index (χ4n) is 3.38. The van der Waals surface area contributed by atoms with Gasteiger partial charge in [-0.05, 0) is 43.0 Å². The number of rotatable bonds is 5. The van der Waals surface area contributed by atoms with Crippen molar-refractivity contribution in [3.63, 3.8) is 0 Å². The topological polar surface area (TPSA) is 44.8 Å². The first kappa shape index (κ1) is 19.2. The maximum atomic E-state index is 12.4. The van der Waals surface area contributed by atoms with Gasteiger partial charge in [-0.25, -0.2) is 4.79 Å². The molecule has 0 aliphatic carbocycles.